The molecule has 0 bridgehead atoms. The fourth-order valence-corrected chi connectivity index (χ4v) is 10.6. The largest absolute Gasteiger partial charge is 0.467 e. The fourth-order valence-electron chi connectivity index (χ4n) is 10.6. The minimum Gasteiger partial charge on any atom is -0.467 e. The third-order valence-electron chi connectivity index (χ3n) is 12.6. The Morgan fingerprint density at radius 1 is 0.852 bits per heavy atom. The molecule has 4 saturated carbocycles. The van der Waals surface area contributed by atoms with Gasteiger partial charge in [0.1, 0.15) is 12.4 Å². The Hall–Kier alpha value is -4.12. The molecular formula is C37H53N3O14. The van der Waals surface area contributed by atoms with Crippen LogP contribution in [0.4, 0.5) is 4.79 Å². The Bertz CT molecular complexity index is 1550. The number of Topliss-reactive ketones (excluding diaryl/α,β-unsaturated/α-hetero) is 1. The molecule has 5 rings (SSSR count). The lowest BCUT2D eigenvalue weighted by Crippen LogP contribution is -2.64. The number of nitrogens with one attached hydrogen (secondary N) is 1. The number of nitrogens with zero attached hydrogens (tertiary/aromatic N) is 1. The van der Waals surface area contributed by atoms with Crippen molar-refractivity contribution in [2.24, 2.45) is 51.3 Å². The molecule has 1 heterocycles. The van der Waals surface area contributed by atoms with Crippen molar-refractivity contribution in [2.75, 3.05) is 13.7 Å². The van der Waals surface area contributed by atoms with Crippen molar-refractivity contribution in [3.05, 3.63) is 0 Å². The van der Waals surface area contributed by atoms with Gasteiger partial charge >= 0.3 is 35.9 Å². The predicted octanol–water partition coefficient (Wildman–Crippen LogP) is 2.49. The van der Waals surface area contributed by atoms with Gasteiger partial charge < -0.3 is 38.9 Å². The highest BCUT2D eigenvalue weighted by molar-refractivity contribution is 5.93. The molecule has 4 aliphatic carbocycles. The van der Waals surface area contributed by atoms with Crippen LogP contribution in [0.2, 0.25) is 0 Å². The van der Waals surface area contributed by atoms with Gasteiger partial charge in [-0.05, 0) is 73.5 Å². The maximum absolute atomic E-state index is 14.4. The van der Waals surface area contributed by atoms with E-state index in [-0.39, 0.29) is 47.4 Å². The van der Waals surface area contributed by atoms with E-state index in [1.807, 2.05) is 0 Å². The van der Waals surface area contributed by atoms with E-state index in [2.05, 4.69) is 24.4 Å². The second-order valence-corrected chi connectivity index (χ2v) is 15.9. The van der Waals surface area contributed by atoms with Crippen molar-refractivity contribution in [2.45, 2.75) is 130 Å². The van der Waals surface area contributed by atoms with Gasteiger partial charge in [0.05, 0.1) is 18.9 Å². The smallest absolute Gasteiger partial charge is 0.339 e. The number of fused-ring (bicyclic) bond motifs is 5. The molecule has 17 nitrogen and oxygen atoms in total. The number of hydrazone groups is 1. The van der Waals surface area contributed by atoms with Crippen LogP contribution in [-0.2, 0) is 61.9 Å². The summed E-state index contributed by atoms with van der Waals surface area (Å²) < 4.78 is 39.1. The minimum absolute atomic E-state index is 0.0918. The number of amides is 2. The molecule has 1 aliphatic heterocycles. The Kier molecular flexibility index (Phi) is 12.4. The number of primary amides is 1. The first-order valence-corrected chi connectivity index (χ1v) is 18.6. The van der Waals surface area contributed by atoms with Crippen LogP contribution in [0.15, 0.2) is 5.10 Å². The normalized spacial score (nSPS) is 38.8. The van der Waals surface area contributed by atoms with Crippen molar-refractivity contribution in [1.29, 1.82) is 0 Å². The molecule has 17 heteroatoms. The minimum atomic E-state index is -1.56. The van der Waals surface area contributed by atoms with Gasteiger partial charge in [-0.1, -0.05) is 13.8 Å². The van der Waals surface area contributed by atoms with Crippen LogP contribution in [0.25, 0.3) is 0 Å². The molecular weight excluding hydrogens is 710 g/mol. The lowest BCUT2D eigenvalue weighted by atomic mass is 9.44. The van der Waals surface area contributed by atoms with Crippen molar-refractivity contribution in [1.82, 2.24) is 5.43 Å². The molecule has 0 aromatic rings. The second-order valence-electron chi connectivity index (χ2n) is 15.9. The average Bonchev–Trinajstić information content (AvgIpc) is 3.42. The van der Waals surface area contributed by atoms with Gasteiger partial charge in [0.15, 0.2) is 30.7 Å². The molecule has 0 spiro atoms. The number of methoxy groups -OCH3 is 1. The highest BCUT2D eigenvalue weighted by atomic mass is 16.7. The van der Waals surface area contributed by atoms with E-state index in [9.17, 15) is 33.6 Å². The number of rotatable bonds is 10. The number of hydrogen-bond donors (Lipinski definition) is 2. The average molecular weight is 764 g/mol. The molecule has 5 aliphatic rings. The van der Waals surface area contributed by atoms with E-state index >= 15 is 0 Å². The Morgan fingerprint density at radius 2 is 1.50 bits per heavy atom. The SMILES string of the molecule is COC(=O)C1O[C@@H](O[C@@H]2CCC3(C)C(CCC4C5CCC(C(COC(C)=O)=NNC(N)=O)C5(C)CC(=O)C43)C2)[C@H](OC(C)=O)[C@@H](OC(C)=O)[C@@H]1OC(C)=O. The van der Waals surface area contributed by atoms with Gasteiger partial charge in [-0.2, -0.15) is 5.10 Å². The lowest BCUT2D eigenvalue weighted by molar-refractivity contribution is -0.314. The molecule has 54 heavy (non-hydrogen) atoms. The summed E-state index contributed by atoms with van der Waals surface area (Å²) in [5, 5.41) is 4.23. The zero-order chi connectivity index (χ0) is 39.7. The molecule has 13 atom stereocenters. The molecule has 0 aromatic heterocycles. The third-order valence-corrected chi connectivity index (χ3v) is 12.6. The van der Waals surface area contributed by atoms with Crippen LogP contribution < -0.4 is 11.2 Å². The van der Waals surface area contributed by atoms with Gasteiger partial charge in [0.25, 0.3) is 0 Å². The lowest BCUT2D eigenvalue weighted by Gasteiger charge is -2.60. The topological polar surface area (TPSA) is 235 Å². The summed E-state index contributed by atoms with van der Waals surface area (Å²) in [7, 11) is 1.13. The summed E-state index contributed by atoms with van der Waals surface area (Å²) >= 11 is 0. The van der Waals surface area contributed by atoms with Crippen molar-refractivity contribution in [3.63, 3.8) is 0 Å². The van der Waals surface area contributed by atoms with Gasteiger partial charge in [-0.15, -0.1) is 0 Å². The zero-order valence-electron chi connectivity index (χ0n) is 32.0. The molecule has 0 radical (unpaired) electrons. The van der Waals surface area contributed by atoms with Crippen LogP contribution in [0.5, 0.6) is 0 Å². The van der Waals surface area contributed by atoms with Gasteiger partial charge in [-0.25, -0.2) is 15.0 Å². The number of hydrogen-bond acceptors (Lipinski definition) is 15. The molecule has 5 fully saturated rings. The van der Waals surface area contributed by atoms with Crippen LogP contribution in [0.1, 0.15) is 92.9 Å². The molecule has 1 saturated heterocycles. The number of ketones is 1. The standard InChI is InChI=1S/C37H53N3O14/c1-17(41)49-16-26(39-40-35(38)47)25-11-10-24-23-9-8-21-14-22(12-13-36(21,5)28(23)27(45)15-37(24,25)6)53-34-32(52-20(4)44)30(51-19(3)43)29(50-18(2)42)31(54-34)33(46)48-7/h21-25,28-32,34H,8-16H2,1-7H3,(H3,38,40,47)/t21?,22-,23?,24?,25?,28?,29+,30+,31?,32-,34-,36?,37?/m1/s1. The Labute approximate surface area is 314 Å². The van der Waals surface area contributed by atoms with Crippen LogP contribution in [0, 0.1) is 40.4 Å². The summed E-state index contributed by atoms with van der Waals surface area (Å²) in [6, 6.07) is -0.837. The summed E-state index contributed by atoms with van der Waals surface area (Å²) in [4.78, 5) is 87.1. The van der Waals surface area contributed by atoms with Gasteiger partial charge in [-0.3, -0.25) is 24.0 Å². The Balaban J connectivity index is 1.35. The van der Waals surface area contributed by atoms with E-state index in [1.54, 1.807) is 0 Å². The quantitative estimate of drug-likeness (QED) is 0.107. The summed E-state index contributed by atoms with van der Waals surface area (Å²) in [5.41, 5.74) is 7.28. The second kappa shape index (κ2) is 16.3. The van der Waals surface area contributed by atoms with E-state index < -0.39 is 78.1 Å². The highest BCUT2D eigenvalue weighted by Crippen LogP contribution is 2.66. The van der Waals surface area contributed by atoms with Crippen molar-refractivity contribution in [3.8, 4) is 0 Å². The van der Waals surface area contributed by atoms with E-state index in [1.165, 1.54) is 6.92 Å². The summed E-state index contributed by atoms with van der Waals surface area (Å²) in [6.45, 7) is 8.88. The first-order valence-electron chi connectivity index (χ1n) is 18.6. The van der Waals surface area contributed by atoms with E-state index in [0.29, 0.717) is 31.4 Å². The van der Waals surface area contributed by atoms with Crippen LogP contribution in [-0.4, -0.2) is 97.9 Å². The molecule has 3 N–H and O–H groups in total. The van der Waals surface area contributed by atoms with E-state index in [0.717, 1.165) is 53.6 Å². The number of nitrogens with two attached hydrogens (primary N) is 1. The molecule has 8 unspecified atom stereocenters. The number of carbonyl (C=O) groups excluding carboxylic acids is 7. The molecule has 2 amide bonds. The van der Waals surface area contributed by atoms with E-state index in [4.69, 9.17) is 38.9 Å². The third kappa shape index (κ3) is 8.26. The fraction of sp³-hybridized carbons (Fsp3) is 0.784. The monoisotopic (exact) mass is 763 g/mol. The summed E-state index contributed by atoms with van der Waals surface area (Å²) in [5.74, 6) is -3.49. The van der Waals surface area contributed by atoms with Gasteiger partial charge in [0, 0.05) is 46.0 Å². The van der Waals surface area contributed by atoms with Crippen LogP contribution in [0.3, 0.4) is 0 Å². The van der Waals surface area contributed by atoms with Crippen molar-refractivity contribution >= 4 is 47.4 Å². The first kappa shape index (κ1) is 41.1. The number of ether oxygens (including phenoxy) is 7. The number of urea groups is 1. The summed E-state index contributed by atoms with van der Waals surface area (Å²) in [6.07, 6.45) is -2.46. The first-order chi connectivity index (χ1) is 25.4. The zero-order valence-corrected chi connectivity index (χ0v) is 32.0. The van der Waals surface area contributed by atoms with Gasteiger partial charge in [0.2, 0.25) is 0 Å². The number of carbonyl (C=O) groups is 7. The maximum atomic E-state index is 14.4. The maximum Gasteiger partial charge on any atom is 0.339 e. The van der Waals surface area contributed by atoms with Crippen molar-refractivity contribution < 1.29 is 66.7 Å². The molecule has 300 valence electrons. The molecule has 0 aromatic carbocycles. The number of esters is 5. The Morgan fingerprint density at radius 3 is 2.11 bits per heavy atom. The predicted molar refractivity (Wildman–Crippen MR) is 185 cm³/mol. The highest BCUT2D eigenvalue weighted by Gasteiger charge is 2.64. The van der Waals surface area contributed by atoms with Crippen LogP contribution >= 0.6 is 0 Å².